The van der Waals surface area contributed by atoms with Gasteiger partial charge in [-0.15, -0.1) is 0 Å². The van der Waals surface area contributed by atoms with Crippen LogP contribution in [-0.2, 0) is 30.5 Å². The molecule has 4 N–H and O–H groups in total. The minimum atomic E-state index is -3.03. The van der Waals surface area contributed by atoms with E-state index in [1.807, 2.05) is 0 Å². The molecule has 202 valence electrons. The number of benzene rings is 1. The number of nitrogens with zero attached hydrogens (tertiary/aromatic N) is 2. The van der Waals surface area contributed by atoms with Crippen LogP contribution in [-0.4, -0.2) is 56.0 Å². The summed E-state index contributed by atoms with van der Waals surface area (Å²) < 4.78 is 31.6. The molecule has 2 heterocycles. The maximum Gasteiger partial charge on any atom is 0.335 e. The minimum absolute atomic E-state index is 0.450. The summed E-state index contributed by atoms with van der Waals surface area (Å²) in [4.78, 5) is 49.7. The molecule has 1 aliphatic rings. The maximum atomic E-state index is 15.4. The fourth-order valence-electron chi connectivity index (χ4n) is 3.86. The summed E-state index contributed by atoms with van der Waals surface area (Å²) in [6, 6.07) is 8.00. The van der Waals surface area contributed by atoms with Gasteiger partial charge in [0.05, 0.1) is 5.92 Å². The molecule has 1 aliphatic heterocycles. The average Bonchev–Trinajstić information content (AvgIpc) is 3.12. The van der Waals surface area contributed by atoms with Crippen LogP contribution in [0.15, 0.2) is 52.2 Å². The number of hydrogen-bond acceptors (Lipinski definition) is 10. The molecule has 0 radical (unpaired) electrons. The van der Waals surface area contributed by atoms with Gasteiger partial charge in [0, 0.05) is 12.3 Å². The quantitative estimate of drug-likeness (QED) is 0.363. The van der Waals surface area contributed by atoms with Gasteiger partial charge in [0.2, 0.25) is 0 Å². The zero-order valence-corrected chi connectivity index (χ0v) is 20.4. The van der Waals surface area contributed by atoms with Crippen LogP contribution in [0, 0.1) is 5.92 Å². The summed E-state index contributed by atoms with van der Waals surface area (Å²) in [5, 5.41) is 20.7. The molecule has 37 heavy (non-hydrogen) atoms. The molecule has 5 atom stereocenters. The Morgan fingerprint density at radius 1 is 1.11 bits per heavy atom. The van der Waals surface area contributed by atoms with Gasteiger partial charge in [-0.2, -0.15) is 0 Å². The lowest BCUT2D eigenvalue weighted by molar-refractivity contribution is -0.218. The molecule has 13 heteroatoms. The summed E-state index contributed by atoms with van der Waals surface area (Å²) in [6.45, 7) is 1.67. The molecular formula is C24H30FN3O9. The van der Waals surface area contributed by atoms with E-state index in [1.165, 1.54) is 0 Å². The number of alkyl halides is 1. The second kappa shape index (κ2) is 11.8. The van der Waals surface area contributed by atoms with E-state index in [-0.39, 0.29) is 0 Å². The Bertz CT molecular complexity index is 1210. The van der Waals surface area contributed by atoms with Crippen molar-refractivity contribution in [2.24, 2.45) is 11.7 Å². The summed E-state index contributed by atoms with van der Waals surface area (Å²) >= 11 is 0. The summed E-state index contributed by atoms with van der Waals surface area (Å²) in [7, 11) is 0. The fourth-order valence-corrected chi connectivity index (χ4v) is 3.86. The topological polar surface area (TPSA) is 172 Å². The van der Waals surface area contributed by atoms with Crippen molar-refractivity contribution >= 4 is 11.9 Å². The average molecular weight is 524 g/mol. The molecule has 3 rings (SSSR count). The Morgan fingerprint density at radius 2 is 1.76 bits per heavy atom. The Balaban J connectivity index is 1.76. The first kappa shape index (κ1) is 28.2. The van der Waals surface area contributed by atoms with Crippen molar-refractivity contribution in [3.05, 3.63) is 69.0 Å². The molecule has 1 fully saturated rings. The highest BCUT2D eigenvalue weighted by molar-refractivity contribution is 5.77. The third-order valence-corrected chi connectivity index (χ3v) is 6.22. The summed E-state index contributed by atoms with van der Waals surface area (Å²) in [5.41, 5.74) is 4.32. The molecule has 1 aromatic heterocycles. The third-order valence-electron chi connectivity index (χ3n) is 6.22. The van der Waals surface area contributed by atoms with Crippen molar-refractivity contribution in [3.8, 4) is 0 Å². The van der Waals surface area contributed by atoms with E-state index in [4.69, 9.17) is 19.9 Å². The van der Waals surface area contributed by atoms with Gasteiger partial charge in [-0.1, -0.05) is 44.2 Å². The predicted molar refractivity (Wildman–Crippen MR) is 125 cm³/mol. The van der Waals surface area contributed by atoms with Crippen molar-refractivity contribution in [1.29, 1.82) is 0 Å². The first-order valence-corrected chi connectivity index (χ1v) is 11.7. The molecule has 12 nitrogen and oxygen atoms in total. The van der Waals surface area contributed by atoms with Gasteiger partial charge < -0.3 is 30.2 Å². The van der Waals surface area contributed by atoms with E-state index >= 15 is 4.39 Å². The number of hydrogen-bond donors (Lipinski definition) is 3. The van der Waals surface area contributed by atoms with Crippen LogP contribution in [0.4, 0.5) is 4.39 Å². The second-order valence-electron chi connectivity index (χ2n) is 8.60. The maximum absolute atomic E-state index is 15.4. The number of esters is 2. The normalized spacial score (nSPS) is 24.1. The molecule has 1 saturated heterocycles. The SMILES string of the molecule is CCC(CC)C(=O)OC[C@@]1(F)O[C@@H](n2ccc(=O)n(COC(=O)[C@@H](N)c3ccccc3)c2=O)[C@H](O)[C@@H]1O. The van der Waals surface area contributed by atoms with Gasteiger partial charge in [-0.05, 0) is 18.4 Å². The summed E-state index contributed by atoms with van der Waals surface area (Å²) in [5.74, 6) is -5.12. The van der Waals surface area contributed by atoms with E-state index in [2.05, 4.69) is 0 Å². The molecule has 0 amide bonds. The molecule has 0 unspecified atom stereocenters. The largest absolute Gasteiger partial charge is 0.459 e. The van der Waals surface area contributed by atoms with Crippen LogP contribution >= 0.6 is 0 Å². The number of carbonyl (C=O) groups excluding carboxylic acids is 2. The molecule has 2 aromatic rings. The molecular weight excluding hydrogens is 493 g/mol. The van der Waals surface area contributed by atoms with Crippen LogP contribution in [0.25, 0.3) is 0 Å². The van der Waals surface area contributed by atoms with E-state index in [0.717, 1.165) is 12.3 Å². The van der Waals surface area contributed by atoms with Crippen LogP contribution < -0.4 is 17.0 Å². The first-order valence-electron chi connectivity index (χ1n) is 11.7. The lowest BCUT2D eigenvalue weighted by Crippen LogP contribution is -2.44. The third kappa shape index (κ3) is 5.96. The van der Waals surface area contributed by atoms with Crippen LogP contribution in [0.2, 0.25) is 0 Å². The van der Waals surface area contributed by atoms with Crippen molar-refractivity contribution < 1.29 is 38.4 Å². The summed E-state index contributed by atoms with van der Waals surface area (Å²) in [6.07, 6.45) is -4.08. The van der Waals surface area contributed by atoms with Gasteiger partial charge in [-0.3, -0.25) is 14.2 Å². The van der Waals surface area contributed by atoms with E-state index in [1.54, 1.807) is 44.2 Å². The molecule has 0 saturated carbocycles. The standard InChI is InChI=1S/C24H30FN3O9/c1-3-14(4-2)21(32)35-12-24(25)19(31)18(30)20(37-24)27-11-10-16(29)28(23(27)34)13-36-22(33)17(26)15-8-6-5-7-9-15/h5-11,14,17-20,30-31H,3-4,12-13,26H2,1-2H3/t17-,18+,19-,20+,24+/m0/s1. The molecule has 0 aliphatic carbocycles. The number of rotatable bonds is 10. The lowest BCUT2D eigenvalue weighted by Gasteiger charge is -2.23. The van der Waals surface area contributed by atoms with Crippen molar-refractivity contribution in [1.82, 2.24) is 9.13 Å². The van der Waals surface area contributed by atoms with Crippen molar-refractivity contribution in [2.75, 3.05) is 6.61 Å². The van der Waals surface area contributed by atoms with Crippen molar-refractivity contribution in [2.45, 2.75) is 63.8 Å². The van der Waals surface area contributed by atoms with Crippen molar-refractivity contribution in [3.63, 3.8) is 0 Å². The van der Waals surface area contributed by atoms with Crippen LogP contribution in [0.1, 0.15) is 44.5 Å². The molecule has 0 bridgehead atoms. The van der Waals surface area contributed by atoms with Gasteiger partial charge >= 0.3 is 17.6 Å². The first-order chi connectivity index (χ1) is 17.5. The second-order valence-corrected chi connectivity index (χ2v) is 8.60. The zero-order chi connectivity index (χ0) is 27.3. The van der Waals surface area contributed by atoms with Gasteiger partial charge in [0.15, 0.2) is 19.6 Å². The fraction of sp³-hybridized carbons (Fsp3) is 0.500. The number of aromatic nitrogens is 2. The van der Waals surface area contributed by atoms with Gasteiger partial charge in [-0.25, -0.2) is 18.5 Å². The molecule has 0 spiro atoms. The number of aliphatic hydroxyl groups excluding tert-OH is 2. The van der Waals surface area contributed by atoms with Gasteiger partial charge in [0.25, 0.3) is 11.4 Å². The zero-order valence-electron chi connectivity index (χ0n) is 20.4. The number of halogens is 1. The monoisotopic (exact) mass is 523 g/mol. The Morgan fingerprint density at radius 3 is 2.38 bits per heavy atom. The van der Waals surface area contributed by atoms with Crippen LogP contribution in [0.3, 0.4) is 0 Å². The number of ether oxygens (including phenoxy) is 3. The highest BCUT2D eigenvalue weighted by Gasteiger charge is 2.57. The predicted octanol–water partition coefficient (Wildman–Crippen LogP) is 0.107. The Labute approximate surface area is 211 Å². The van der Waals surface area contributed by atoms with E-state index in [0.29, 0.717) is 27.5 Å². The van der Waals surface area contributed by atoms with E-state index in [9.17, 15) is 29.4 Å². The highest BCUT2D eigenvalue weighted by Crippen LogP contribution is 2.38. The number of carbonyl (C=O) groups is 2. The van der Waals surface area contributed by atoms with Gasteiger partial charge in [0.1, 0.15) is 18.2 Å². The lowest BCUT2D eigenvalue weighted by atomic mass is 10.0. The van der Waals surface area contributed by atoms with E-state index < -0.39 is 72.8 Å². The number of aliphatic hydroxyl groups is 2. The smallest absolute Gasteiger partial charge is 0.335 e. The molecule has 1 aromatic carbocycles. The Hall–Kier alpha value is -3.39. The van der Waals surface area contributed by atoms with Crippen LogP contribution in [0.5, 0.6) is 0 Å². The Kier molecular flexibility index (Phi) is 8.97. The number of nitrogens with two attached hydrogens (primary N) is 1. The highest BCUT2D eigenvalue weighted by atomic mass is 19.2. The minimum Gasteiger partial charge on any atom is -0.459 e.